The fraction of sp³-hybridized carbons (Fsp3) is 0.632. The SMILES string of the molecule is CN(CC(=O)NC1C2CC3CC(C2)C1C3)Cc1ccccc1. The highest BCUT2D eigenvalue weighted by Crippen LogP contribution is 2.57. The van der Waals surface area contributed by atoms with E-state index in [2.05, 4.69) is 34.5 Å². The van der Waals surface area contributed by atoms with Crippen LogP contribution in [0.4, 0.5) is 0 Å². The van der Waals surface area contributed by atoms with Gasteiger partial charge >= 0.3 is 0 Å². The summed E-state index contributed by atoms with van der Waals surface area (Å²) in [7, 11) is 2.03. The van der Waals surface area contributed by atoms with Crippen LogP contribution in [0.1, 0.15) is 31.2 Å². The second-order valence-corrected chi connectivity index (χ2v) is 7.74. The Balaban J connectivity index is 1.30. The Labute approximate surface area is 133 Å². The van der Waals surface area contributed by atoms with Gasteiger partial charge in [0.05, 0.1) is 6.54 Å². The molecular formula is C19H26N2O. The van der Waals surface area contributed by atoms with Gasteiger partial charge in [-0.2, -0.15) is 0 Å². The molecule has 5 rings (SSSR count). The van der Waals surface area contributed by atoms with Gasteiger partial charge in [-0.3, -0.25) is 9.69 Å². The molecule has 4 saturated carbocycles. The Morgan fingerprint density at radius 2 is 1.91 bits per heavy atom. The molecule has 0 aromatic heterocycles. The fourth-order valence-corrected chi connectivity index (χ4v) is 5.39. The monoisotopic (exact) mass is 298 g/mol. The predicted molar refractivity (Wildman–Crippen MR) is 87.1 cm³/mol. The minimum absolute atomic E-state index is 0.208. The van der Waals surface area contributed by atoms with E-state index in [1.54, 1.807) is 0 Å². The van der Waals surface area contributed by atoms with Crippen molar-refractivity contribution in [3.05, 3.63) is 35.9 Å². The summed E-state index contributed by atoms with van der Waals surface area (Å²) in [6, 6.07) is 10.8. The Hall–Kier alpha value is -1.35. The lowest BCUT2D eigenvalue weighted by atomic mass is 9.79. The van der Waals surface area contributed by atoms with Crippen molar-refractivity contribution in [3.8, 4) is 0 Å². The molecule has 4 aliphatic rings. The minimum Gasteiger partial charge on any atom is -0.352 e. The first-order chi connectivity index (χ1) is 10.7. The molecule has 0 aliphatic heterocycles. The van der Waals surface area contributed by atoms with E-state index < -0.39 is 0 Å². The summed E-state index contributed by atoms with van der Waals surface area (Å²) in [5, 5.41) is 3.37. The van der Waals surface area contributed by atoms with Crippen LogP contribution < -0.4 is 5.32 Å². The molecule has 0 spiro atoms. The van der Waals surface area contributed by atoms with Gasteiger partial charge in [-0.05, 0) is 62.0 Å². The fourth-order valence-electron chi connectivity index (χ4n) is 5.39. The topological polar surface area (TPSA) is 32.3 Å². The molecule has 22 heavy (non-hydrogen) atoms. The van der Waals surface area contributed by atoms with Crippen LogP contribution in [0.3, 0.4) is 0 Å². The summed E-state index contributed by atoms with van der Waals surface area (Å²) in [5.74, 6) is 3.65. The molecule has 1 N–H and O–H groups in total. The Kier molecular flexibility index (Phi) is 3.69. The van der Waals surface area contributed by atoms with Crippen molar-refractivity contribution in [2.45, 2.75) is 38.3 Å². The third-order valence-electron chi connectivity index (χ3n) is 6.09. The number of amides is 1. The third-order valence-corrected chi connectivity index (χ3v) is 6.09. The van der Waals surface area contributed by atoms with Gasteiger partial charge in [-0.25, -0.2) is 0 Å². The number of carbonyl (C=O) groups excluding carboxylic acids is 1. The van der Waals surface area contributed by atoms with Crippen molar-refractivity contribution in [2.75, 3.05) is 13.6 Å². The van der Waals surface area contributed by atoms with Gasteiger partial charge in [0, 0.05) is 12.6 Å². The average Bonchev–Trinajstić information content (AvgIpc) is 2.90. The number of benzene rings is 1. The summed E-state index contributed by atoms with van der Waals surface area (Å²) in [6.45, 7) is 1.33. The van der Waals surface area contributed by atoms with Crippen LogP contribution in [-0.4, -0.2) is 30.4 Å². The Bertz CT molecular complexity index is 540. The predicted octanol–water partition coefficient (Wildman–Crippen LogP) is 2.67. The van der Waals surface area contributed by atoms with Crippen molar-refractivity contribution in [1.29, 1.82) is 0 Å². The number of hydrogen-bond donors (Lipinski definition) is 1. The van der Waals surface area contributed by atoms with Crippen molar-refractivity contribution in [1.82, 2.24) is 10.2 Å². The summed E-state index contributed by atoms with van der Waals surface area (Å²) >= 11 is 0. The first kappa shape index (κ1) is 14.3. The molecule has 0 radical (unpaired) electrons. The van der Waals surface area contributed by atoms with Crippen LogP contribution in [0.5, 0.6) is 0 Å². The van der Waals surface area contributed by atoms with E-state index in [9.17, 15) is 4.79 Å². The van der Waals surface area contributed by atoms with Gasteiger partial charge in [0.15, 0.2) is 0 Å². The summed E-state index contributed by atoms with van der Waals surface area (Å²) < 4.78 is 0. The average molecular weight is 298 g/mol. The van der Waals surface area contributed by atoms with Crippen LogP contribution in [0, 0.1) is 23.7 Å². The van der Waals surface area contributed by atoms with Crippen LogP contribution in [0.2, 0.25) is 0 Å². The molecule has 0 saturated heterocycles. The molecule has 5 unspecified atom stereocenters. The zero-order chi connectivity index (χ0) is 15.1. The molecule has 3 nitrogen and oxygen atoms in total. The standard InChI is InChI=1S/C19H26N2O/c1-21(11-13-5-3-2-4-6-13)12-18(22)20-19-16-8-14-7-15(10-16)17(19)9-14/h2-6,14-17,19H,7-12H2,1H3,(H,20,22). The summed E-state index contributed by atoms with van der Waals surface area (Å²) in [4.78, 5) is 14.5. The smallest absolute Gasteiger partial charge is 0.234 e. The second kappa shape index (κ2) is 5.69. The molecule has 3 heteroatoms. The summed E-state index contributed by atoms with van der Waals surface area (Å²) in [6.07, 6.45) is 5.52. The van der Waals surface area contributed by atoms with E-state index in [4.69, 9.17) is 0 Å². The van der Waals surface area contributed by atoms with Crippen LogP contribution in [0.15, 0.2) is 30.3 Å². The molecule has 5 atom stereocenters. The number of rotatable bonds is 5. The molecule has 4 fully saturated rings. The molecule has 1 aromatic rings. The van der Waals surface area contributed by atoms with Crippen molar-refractivity contribution >= 4 is 5.91 Å². The molecule has 1 aromatic carbocycles. The first-order valence-electron chi connectivity index (χ1n) is 8.71. The largest absolute Gasteiger partial charge is 0.352 e. The number of likely N-dealkylation sites (N-methyl/N-ethyl adjacent to an activating group) is 1. The van der Waals surface area contributed by atoms with Crippen molar-refractivity contribution < 1.29 is 4.79 Å². The maximum Gasteiger partial charge on any atom is 0.234 e. The molecule has 0 heterocycles. The van der Waals surface area contributed by atoms with Crippen LogP contribution >= 0.6 is 0 Å². The zero-order valence-electron chi connectivity index (χ0n) is 13.4. The van der Waals surface area contributed by atoms with E-state index in [1.807, 2.05) is 13.1 Å². The third kappa shape index (κ3) is 2.67. The lowest BCUT2D eigenvalue weighted by molar-refractivity contribution is -0.123. The molecule has 118 valence electrons. The first-order valence-corrected chi connectivity index (χ1v) is 8.71. The van der Waals surface area contributed by atoms with Gasteiger partial charge < -0.3 is 5.32 Å². The lowest BCUT2D eigenvalue weighted by Crippen LogP contribution is -2.47. The van der Waals surface area contributed by atoms with Gasteiger partial charge in [-0.15, -0.1) is 0 Å². The van der Waals surface area contributed by atoms with E-state index in [0.717, 1.165) is 30.2 Å². The van der Waals surface area contributed by atoms with Gasteiger partial charge in [0.2, 0.25) is 5.91 Å². The number of hydrogen-bond acceptors (Lipinski definition) is 2. The van der Waals surface area contributed by atoms with E-state index in [-0.39, 0.29) is 5.91 Å². The van der Waals surface area contributed by atoms with Crippen LogP contribution in [-0.2, 0) is 11.3 Å². The number of carbonyl (C=O) groups is 1. The minimum atomic E-state index is 0.208. The van der Waals surface area contributed by atoms with Crippen molar-refractivity contribution in [3.63, 3.8) is 0 Å². The normalized spacial score (nSPS) is 35.3. The Morgan fingerprint density at radius 1 is 1.14 bits per heavy atom. The Morgan fingerprint density at radius 3 is 2.68 bits per heavy atom. The van der Waals surface area contributed by atoms with Crippen molar-refractivity contribution in [2.24, 2.45) is 23.7 Å². The quantitative estimate of drug-likeness (QED) is 0.906. The van der Waals surface area contributed by atoms with Gasteiger partial charge in [-0.1, -0.05) is 30.3 Å². The maximum absolute atomic E-state index is 12.4. The molecule has 1 amide bonds. The maximum atomic E-state index is 12.4. The lowest BCUT2D eigenvalue weighted by Gasteiger charge is -2.33. The van der Waals surface area contributed by atoms with E-state index in [1.165, 1.54) is 31.2 Å². The second-order valence-electron chi connectivity index (χ2n) is 7.74. The number of nitrogens with zero attached hydrogens (tertiary/aromatic N) is 1. The zero-order valence-corrected chi connectivity index (χ0v) is 13.4. The van der Waals surface area contributed by atoms with E-state index >= 15 is 0 Å². The summed E-state index contributed by atoms with van der Waals surface area (Å²) in [5.41, 5.74) is 1.26. The van der Waals surface area contributed by atoms with E-state index in [0.29, 0.717) is 12.6 Å². The highest BCUT2D eigenvalue weighted by atomic mass is 16.2. The van der Waals surface area contributed by atoms with Gasteiger partial charge in [0.1, 0.15) is 0 Å². The van der Waals surface area contributed by atoms with Crippen LogP contribution in [0.25, 0.3) is 0 Å². The molecule has 4 aliphatic carbocycles. The molecular weight excluding hydrogens is 272 g/mol. The highest BCUT2D eigenvalue weighted by Gasteiger charge is 2.54. The molecule has 4 bridgehead atoms. The highest BCUT2D eigenvalue weighted by molar-refractivity contribution is 5.78. The van der Waals surface area contributed by atoms with Gasteiger partial charge in [0.25, 0.3) is 0 Å². The number of nitrogens with one attached hydrogen (secondary N) is 1.